The summed E-state index contributed by atoms with van der Waals surface area (Å²) in [5.41, 5.74) is 1.29. The molecule has 0 rings (SSSR count). The quantitative estimate of drug-likeness (QED) is 0.497. The molecule has 0 aromatic heterocycles. The normalized spacial score (nSPS) is 12.1. The zero-order valence-corrected chi connectivity index (χ0v) is 8.18. The average molecular weight is 164 g/mol. The summed E-state index contributed by atoms with van der Waals surface area (Å²) in [4.78, 5) is 0. The number of rotatable bonds is 7. The summed E-state index contributed by atoms with van der Waals surface area (Å²) in [7, 11) is 0. The highest BCUT2D eigenvalue weighted by Gasteiger charge is 1.99. The molecule has 0 aliphatic carbocycles. The lowest BCUT2D eigenvalue weighted by Gasteiger charge is -2.08. The fourth-order valence-corrected chi connectivity index (χ4v) is 1.16. The lowest BCUT2D eigenvalue weighted by molar-refractivity contribution is 0.538. The second-order valence-electron chi connectivity index (χ2n) is 3.41. The predicted octanol–water partition coefficient (Wildman–Crippen LogP) is 4.11. The van der Waals surface area contributed by atoms with Crippen LogP contribution in [0.4, 0.5) is 0 Å². The van der Waals surface area contributed by atoms with E-state index in [9.17, 15) is 0 Å². The number of allylic oxidation sites excluding steroid dienone is 3. The molecule has 0 N–H and O–H groups in total. The van der Waals surface area contributed by atoms with E-state index in [4.69, 9.17) is 0 Å². The smallest absolute Gasteiger partial charge is 0.0144 e. The standard InChI is InChI=1S/C12H20/c1-5-7-11(3)9-10-12(4)8-6-2/h5-6,12H,1-3,7-10H2,4H3. The Labute approximate surface area is 76.7 Å². The molecular formula is C12H20. The lowest BCUT2D eigenvalue weighted by Crippen LogP contribution is -1.93. The minimum atomic E-state index is 0.740. The molecule has 0 aliphatic rings. The van der Waals surface area contributed by atoms with E-state index in [1.165, 1.54) is 12.0 Å². The van der Waals surface area contributed by atoms with E-state index in [0.29, 0.717) is 0 Å². The Bertz CT molecular complexity index is 153. The molecule has 12 heavy (non-hydrogen) atoms. The van der Waals surface area contributed by atoms with Crippen LogP contribution in [0, 0.1) is 5.92 Å². The van der Waals surface area contributed by atoms with E-state index in [1.807, 2.05) is 12.2 Å². The Morgan fingerprint density at radius 3 is 2.50 bits per heavy atom. The maximum Gasteiger partial charge on any atom is -0.0144 e. The van der Waals surface area contributed by atoms with Gasteiger partial charge in [0.1, 0.15) is 0 Å². The van der Waals surface area contributed by atoms with Gasteiger partial charge in [-0.1, -0.05) is 31.2 Å². The van der Waals surface area contributed by atoms with Gasteiger partial charge in [0.2, 0.25) is 0 Å². The fourth-order valence-electron chi connectivity index (χ4n) is 1.16. The second-order valence-corrected chi connectivity index (χ2v) is 3.41. The highest BCUT2D eigenvalue weighted by Crippen LogP contribution is 2.16. The SMILES string of the molecule is C=CCC(=C)CCC(C)CC=C. The highest BCUT2D eigenvalue weighted by atomic mass is 14.1. The van der Waals surface area contributed by atoms with Gasteiger partial charge in [-0.2, -0.15) is 0 Å². The fraction of sp³-hybridized carbons (Fsp3) is 0.500. The molecule has 0 heteroatoms. The van der Waals surface area contributed by atoms with Crippen molar-refractivity contribution in [3.05, 3.63) is 37.5 Å². The van der Waals surface area contributed by atoms with Gasteiger partial charge in [0.25, 0.3) is 0 Å². The molecule has 0 radical (unpaired) electrons. The molecule has 0 fully saturated rings. The zero-order valence-electron chi connectivity index (χ0n) is 8.18. The van der Waals surface area contributed by atoms with Crippen LogP contribution in [0.5, 0.6) is 0 Å². The summed E-state index contributed by atoms with van der Waals surface area (Å²) in [5, 5.41) is 0. The summed E-state index contributed by atoms with van der Waals surface area (Å²) in [6.07, 6.45) is 8.32. The molecule has 0 nitrogen and oxygen atoms in total. The van der Waals surface area contributed by atoms with Crippen molar-refractivity contribution in [1.82, 2.24) is 0 Å². The Morgan fingerprint density at radius 1 is 1.33 bits per heavy atom. The van der Waals surface area contributed by atoms with E-state index < -0.39 is 0 Å². The molecule has 0 spiro atoms. The lowest BCUT2D eigenvalue weighted by atomic mass is 9.98. The van der Waals surface area contributed by atoms with Crippen molar-refractivity contribution in [2.45, 2.75) is 32.6 Å². The molecule has 0 aliphatic heterocycles. The molecule has 0 amide bonds. The Kier molecular flexibility index (Phi) is 6.45. The van der Waals surface area contributed by atoms with Gasteiger partial charge in [-0.3, -0.25) is 0 Å². The largest absolute Gasteiger partial charge is 0.103 e. The molecular weight excluding hydrogens is 144 g/mol. The summed E-state index contributed by atoms with van der Waals surface area (Å²) >= 11 is 0. The first-order valence-electron chi connectivity index (χ1n) is 4.59. The summed E-state index contributed by atoms with van der Waals surface area (Å²) in [5.74, 6) is 0.740. The summed E-state index contributed by atoms with van der Waals surface area (Å²) < 4.78 is 0. The molecule has 1 atom stereocenters. The van der Waals surface area contributed by atoms with Gasteiger partial charge in [-0.05, 0) is 31.6 Å². The van der Waals surface area contributed by atoms with Crippen molar-refractivity contribution in [2.24, 2.45) is 5.92 Å². The van der Waals surface area contributed by atoms with Crippen molar-refractivity contribution < 1.29 is 0 Å². The van der Waals surface area contributed by atoms with E-state index in [0.717, 1.165) is 25.2 Å². The topological polar surface area (TPSA) is 0 Å². The van der Waals surface area contributed by atoms with Crippen molar-refractivity contribution in [3.8, 4) is 0 Å². The number of hydrogen-bond donors (Lipinski definition) is 0. The van der Waals surface area contributed by atoms with Crippen molar-refractivity contribution in [1.29, 1.82) is 0 Å². The molecule has 1 unspecified atom stereocenters. The van der Waals surface area contributed by atoms with Gasteiger partial charge in [-0.15, -0.1) is 13.2 Å². The average Bonchev–Trinajstić information content (AvgIpc) is 2.02. The zero-order chi connectivity index (χ0) is 9.40. The Morgan fingerprint density at radius 2 is 2.00 bits per heavy atom. The van der Waals surface area contributed by atoms with Crippen LogP contribution in [-0.4, -0.2) is 0 Å². The van der Waals surface area contributed by atoms with Gasteiger partial charge >= 0.3 is 0 Å². The van der Waals surface area contributed by atoms with Crippen LogP contribution in [0.3, 0.4) is 0 Å². The van der Waals surface area contributed by atoms with Gasteiger partial charge in [0.05, 0.1) is 0 Å². The first kappa shape index (κ1) is 11.2. The first-order valence-corrected chi connectivity index (χ1v) is 4.59. The maximum absolute atomic E-state index is 3.98. The molecule has 0 saturated heterocycles. The van der Waals surface area contributed by atoms with E-state index in [2.05, 4.69) is 26.7 Å². The monoisotopic (exact) mass is 164 g/mol. The Hall–Kier alpha value is -0.780. The molecule has 0 bridgehead atoms. The minimum Gasteiger partial charge on any atom is -0.103 e. The third kappa shape index (κ3) is 5.96. The molecule has 0 aromatic rings. The first-order chi connectivity index (χ1) is 5.70. The third-order valence-corrected chi connectivity index (χ3v) is 1.99. The van der Waals surface area contributed by atoms with Gasteiger partial charge in [-0.25, -0.2) is 0 Å². The summed E-state index contributed by atoms with van der Waals surface area (Å²) in [6, 6.07) is 0. The van der Waals surface area contributed by atoms with Crippen molar-refractivity contribution in [2.75, 3.05) is 0 Å². The van der Waals surface area contributed by atoms with Crippen LogP contribution in [-0.2, 0) is 0 Å². The number of hydrogen-bond acceptors (Lipinski definition) is 0. The van der Waals surface area contributed by atoms with Crippen LogP contribution < -0.4 is 0 Å². The minimum absolute atomic E-state index is 0.740. The van der Waals surface area contributed by atoms with Crippen LogP contribution in [0.1, 0.15) is 32.6 Å². The summed E-state index contributed by atoms with van der Waals surface area (Å²) in [6.45, 7) is 13.6. The molecule has 0 saturated carbocycles. The predicted molar refractivity (Wildman–Crippen MR) is 57.2 cm³/mol. The maximum atomic E-state index is 3.98. The van der Waals surface area contributed by atoms with Gasteiger partial charge in [0.15, 0.2) is 0 Å². The molecule has 68 valence electrons. The Balaban J connectivity index is 3.45. The third-order valence-electron chi connectivity index (χ3n) is 1.99. The van der Waals surface area contributed by atoms with E-state index in [1.54, 1.807) is 0 Å². The van der Waals surface area contributed by atoms with Crippen LogP contribution in [0.2, 0.25) is 0 Å². The van der Waals surface area contributed by atoms with Crippen LogP contribution in [0.15, 0.2) is 37.5 Å². The second kappa shape index (κ2) is 6.90. The van der Waals surface area contributed by atoms with E-state index in [-0.39, 0.29) is 0 Å². The van der Waals surface area contributed by atoms with Crippen molar-refractivity contribution >= 4 is 0 Å². The molecule has 0 heterocycles. The van der Waals surface area contributed by atoms with Crippen LogP contribution in [0.25, 0.3) is 0 Å². The van der Waals surface area contributed by atoms with Gasteiger partial charge in [0, 0.05) is 0 Å². The van der Waals surface area contributed by atoms with Gasteiger partial charge < -0.3 is 0 Å². The van der Waals surface area contributed by atoms with E-state index >= 15 is 0 Å². The highest BCUT2D eigenvalue weighted by molar-refractivity contribution is 4.99. The van der Waals surface area contributed by atoms with Crippen molar-refractivity contribution in [3.63, 3.8) is 0 Å². The van der Waals surface area contributed by atoms with Crippen LogP contribution >= 0.6 is 0 Å². The molecule has 0 aromatic carbocycles.